The van der Waals surface area contributed by atoms with Crippen molar-refractivity contribution in [2.45, 2.75) is 109 Å². The van der Waals surface area contributed by atoms with Gasteiger partial charge in [0.25, 0.3) is 0 Å². The third kappa shape index (κ3) is 7.39. The minimum absolute atomic E-state index is 0.00726. The molecule has 0 radical (unpaired) electrons. The molecule has 3 aromatic rings. The van der Waals surface area contributed by atoms with Gasteiger partial charge in [-0.05, 0) is 104 Å². The highest BCUT2D eigenvalue weighted by molar-refractivity contribution is 5.95. The SMILES string of the molecule is CCCCCC1CCC(c2ccc(OC(=O)c3cccc(-c4ccc(OCC)c(F)c4F)c3C3CCCCC3)c(F)c2F)CC1. The van der Waals surface area contributed by atoms with Crippen molar-refractivity contribution in [1.82, 2.24) is 0 Å². The second kappa shape index (κ2) is 15.3. The highest BCUT2D eigenvalue weighted by Crippen LogP contribution is 2.43. The highest BCUT2D eigenvalue weighted by Gasteiger charge is 2.30. The van der Waals surface area contributed by atoms with Crippen molar-refractivity contribution in [3.63, 3.8) is 0 Å². The molecule has 0 amide bonds. The van der Waals surface area contributed by atoms with E-state index in [1.165, 1.54) is 43.9 Å². The summed E-state index contributed by atoms with van der Waals surface area (Å²) in [5.41, 5.74) is 1.39. The number of hydrogen-bond donors (Lipinski definition) is 0. The van der Waals surface area contributed by atoms with Crippen molar-refractivity contribution in [1.29, 1.82) is 0 Å². The lowest BCUT2D eigenvalue weighted by molar-refractivity contribution is 0.0724. The molecule has 0 bridgehead atoms. The lowest BCUT2D eigenvalue weighted by Crippen LogP contribution is -2.18. The van der Waals surface area contributed by atoms with Crippen LogP contribution < -0.4 is 9.47 Å². The van der Waals surface area contributed by atoms with E-state index < -0.39 is 35.0 Å². The zero-order valence-electron chi connectivity index (χ0n) is 26.4. The van der Waals surface area contributed by atoms with E-state index in [9.17, 15) is 9.18 Å². The Morgan fingerprint density at radius 2 is 1.42 bits per heavy atom. The van der Waals surface area contributed by atoms with Gasteiger partial charge in [-0.2, -0.15) is 8.78 Å². The van der Waals surface area contributed by atoms with Crippen molar-refractivity contribution in [3.8, 4) is 22.6 Å². The predicted octanol–water partition coefficient (Wildman–Crippen LogP) is 11.4. The molecule has 242 valence electrons. The lowest BCUT2D eigenvalue weighted by atomic mass is 9.77. The van der Waals surface area contributed by atoms with Gasteiger partial charge in [0.15, 0.2) is 23.1 Å². The fourth-order valence-electron chi connectivity index (χ4n) is 7.36. The number of esters is 1. The molecule has 2 fully saturated rings. The molecule has 2 aliphatic rings. The summed E-state index contributed by atoms with van der Waals surface area (Å²) in [5.74, 6) is -5.36. The molecule has 7 heteroatoms. The molecule has 2 aliphatic carbocycles. The Morgan fingerprint density at radius 1 is 0.711 bits per heavy atom. The second-order valence-corrected chi connectivity index (χ2v) is 12.7. The Labute approximate surface area is 264 Å². The van der Waals surface area contributed by atoms with Crippen LogP contribution in [0.2, 0.25) is 0 Å². The van der Waals surface area contributed by atoms with Gasteiger partial charge in [0, 0.05) is 5.56 Å². The van der Waals surface area contributed by atoms with Gasteiger partial charge in [-0.15, -0.1) is 0 Å². The van der Waals surface area contributed by atoms with Crippen LogP contribution in [-0.4, -0.2) is 12.6 Å². The van der Waals surface area contributed by atoms with Gasteiger partial charge >= 0.3 is 5.97 Å². The summed E-state index contributed by atoms with van der Waals surface area (Å²) in [4.78, 5) is 13.6. The highest BCUT2D eigenvalue weighted by atomic mass is 19.2. The number of hydrogen-bond acceptors (Lipinski definition) is 3. The van der Waals surface area contributed by atoms with Crippen LogP contribution in [0.4, 0.5) is 17.6 Å². The lowest BCUT2D eigenvalue weighted by Gasteiger charge is -2.29. The summed E-state index contributed by atoms with van der Waals surface area (Å²) >= 11 is 0. The van der Waals surface area contributed by atoms with Crippen LogP contribution in [0.25, 0.3) is 11.1 Å². The molecule has 0 atom stereocenters. The summed E-state index contributed by atoms with van der Waals surface area (Å²) in [6.45, 7) is 4.06. The number of unbranched alkanes of at least 4 members (excludes halogenated alkanes) is 2. The molecule has 0 N–H and O–H groups in total. The molecule has 3 aromatic carbocycles. The average molecular weight is 625 g/mol. The largest absolute Gasteiger partial charge is 0.491 e. The van der Waals surface area contributed by atoms with E-state index >= 15 is 13.2 Å². The number of rotatable bonds is 11. The van der Waals surface area contributed by atoms with Crippen LogP contribution in [0.5, 0.6) is 11.5 Å². The van der Waals surface area contributed by atoms with E-state index in [-0.39, 0.29) is 35.3 Å². The van der Waals surface area contributed by atoms with Crippen molar-refractivity contribution in [2.75, 3.05) is 6.61 Å². The van der Waals surface area contributed by atoms with Gasteiger partial charge in [-0.25, -0.2) is 13.6 Å². The molecule has 0 aliphatic heterocycles. The molecule has 45 heavy (non-hydrogen) atoms. The maximum absolute atomic E-state index is 15.4. The third-order valence-corrected chi connectivity index (χ3v) is 9.76. The normalized spacial score (nSPS) is 19.0. The van der Waals surface area contributed by atoms with Gasteiger partial charge in [-0.1, -0.05) is 70.1 Å². The molecular weight excluding hydrogens is 580 g/mol. The van der Waals surface area contributed by atoms with Gasteiger partial charge in [-0.3, -0.25) is 0 Å². The summed E-state index contributed by atoms with van der Waals surface area (Å²) in [5, 5.41) is 0. The van der Waals surface area contributed by atoms with E-state index in [4.69, 9.17) is 9.47 Å². The molecule has 3 nitrogen and oxygen atoms in total. The molecule has 0 saturated heterocycles. The summed E-state index contributed by atoms with van der Waals surface area (Å²) in [7, 11) is 0. The zero-order chi connectivity index (χ0) is 31.9. The Balaban J connectivity index is 1.41. The van der Waals surface area contributed by atoms with E-state index in [0.717, 1.165) is 57.8 Å². The Bertz CT molecular complexity index is 1470. The number of ether oxygens (including phenoxy) is 2. The summed E-state index contributed by atoms with van der Waals surface area (Å²) in [6, 6.07) is 10.5. The first-order chi connectivity index (χ1) is 21.8. The third-order valence-electron chi connectivity index (χ3n) is 9.76. The second-order valence-electron chi connectivity index (χ2n) is 12.7. The standard InChI is InChI=1S/C38H44F4O3/c1-3-5-7-11-24-16-18-25(19-17-24)27-20-23-32(37(42)34(27)39)45-38(43)30-15-10-14-28(33(30)26-12-8-6-9-13-26)29-21-22-31(44-4-2)36(41)35(29)40/h10,14-15,20-26H,3-9,11-13,16-19H2,1-2H3. The fourth-order valence-corrected chi connectivity index (χ4v) is 7.36. The van der Waals surface area contributed by atoms with Crippen molar-refractivity contribution in [2.24, 2.45) is 5.92 Å². The van der Waals surface area contributed by atoms with Crippen LogP contribution in [0.3, 0.4) is 0 Å². The molecule has 0 heterocycles. The first kappa shape index (κ1) is 33.0. The topological polar surface area (TPSA) is 35.5 Å². The van der Waals surface area contributed by atoms with Crippen molar-refractivity contribution < 1.29 is 31.8 Å². The predicted molar refractivity (Wildman–Crippen MR) is 169 cm³/mol. The number of halogens is 4. The van der Waals surface area contributed by atoms with E-state index in [1.54, 1.807) is 31.2 Å². The first-order valence-corrected chi connectivity index (χ1v) is 16.8. The molecular formula is C38H44F4O3. The Kier molecular flexibility index (Phi) is 11.2. The first-order valence-electron chi connectivity index (χ1n) is 16.8. The number of carbonyl (C=O) groups is 1. The number of carbonyl (C=O) groups excluding carboxylic acids is 1. The van der Waals surface area contributed by atoms with E-state index in [1.807, 2.05) is 0 Å². The maximum atomic E-state index is 15.4. The van der Waals surface area contributed by atoms with Gasteiger partial charge in [0.2, 0.25) is 11.6 Å². The van der Waals surface area contributed by atoms with Gasteiger partial charge in [0.1, 0.15) is 0 Å². The van der Waals surface area contributed by atoms with Crippen LogP contribution in [-0.2, 0) is 0 Å². The summed E-state index contributed by atoms with van der Waals surface area (Å²) in [6.07, 6.45) is 12.9. The minimum Gasteiger partial charge on any atom is -0.491 e. The Morgan fingerprint density at radius 3 is 2.13 bits per heavy atom. The maximum Gasteiger partial charge on any atom is 0.343 e. The zero-order valence-corrected chi connectivity index (χ0v) is 26.4. The minimum atomic E-state index is -1.18. The van der Waals surface area contributed by atoms with Crippen LogP contribution >= 0.6 is 0 Å². The average Bonchev–Trinajstić information content (AvgIpc) is 3.06. The molecule has 5 rings (SSSR count). The van der Waals surface area contributed by atoms with Crippen LogP contribution in [0, 0.1) is 29.2 Å². The Hall–Kier alpha value is -3.35. The van der Waals surface area contributed by atoms with Crippen molar-refractivity contribution in [3.05, 3.63) is 82.4 Å². The monoisotopic (exact) mass is 624 g/mol. The van der Waals surface area contributed by atoms with Gasteiger partial charge in [0.05, 0.1) is 12.2 Å². The molecule has 0 spiro atoms. The van der Waals surface area contributed by atoms with Gasteiger partial charge < -0.3 is 9.47 Å². The fraction of sp³-hybridized carbons (Fsp3) is 0.500. The molecule has 2 saturated carbocycles. The van der Waals surface area contributed by atoms with E-state index in [2.05, 4.69) is 6.92 Å². The van der Waals surface area contributed by atoms with Crippen molar-refractivity contribution >= 4 is 5.97 Å². The van der Waals surface area contributed by atoms with E-state index in [0.29, 0.717) is 22.6 Å². The quantitative estimate of drug-likeness (QED) is 0.0921. The number of benzene rings is 3. The van der Waals surface area contributed by atoms with Crippen LogP contribution in [0.1, 0.15) is 131 Å². The molecule has 0 unspecified atom stereocenters. The summed E-state index contributed by atoms with van der Waals surface area (Å²) < 4.78 is 71.9. The van der Waals surface area contributed by atoms with Crippen LogP contribution in [0.15, 0.2) is 42.5 Å². The molecule has 0 aromatic heterocycles. The smallest absolute Gasteiger partial charge is 0.343 e.